The molecule has 8 nitrogen and oxygen atoms in total. The maximum absolute atomic E-state index is 11.3. The van der Waals surface area contributed by atoms with Crippen molar-refractivity contribution in [1.82, 2.24) is 4.98 Å². The summed E-state index contributed by atoms with van der Waals surface area (Å²) in [6, 6.07) is 9.30. The van der Waals surface area contributed by atoms with Crippen molar-refractivity contribution in [3.8, 4) is 17.6 Å². The standard InChI is InChI=1S/C19H22N4O4/c1-2-25-14-3-5-15(6-4-14)26-12-17-22-16(11-20)19(27-17)23-9-7-13(8-10-23)18(21)24/h3-6,13H,2,7-10,12H2,1H3,(H2,21,24). The normalized spacial score (nSPS) is 14.6. The van der Waals surface area contributed by atoms with Gasteiger partial charge in [-0.1, -0.05) is 0 Å². The van der Waals surface area contributed by atoms with E-state index in [-0.39, 0.29) is 24.1 Å². The molecule has 142 valence electrons. The monoisotopic (exact) mass is 370 g/mol. The summed E-state index contributed by atoms with van der Waals surface area (Å²) in [5.41, 5.74) is 5.58. The number of carbonyl (C=O) groups excluding carboxylic acids is 1. The van der Waals surface area contributed by atoms with Gasteiger partial charge < -0.3 is 24.5 Å². The Kier molecular flexibility index (Phi) is 5.81. The molecular weight excluding hydrogens is 348 g/mol. The molecule has 1 saturated heterocycles. The molecule has 0 spiro atoms. The molecule has 1 aliphatic rings. The third-order valence-electron chi connectivity index (χ3n) is 4.44. The molecule has 0 aliphatic carbocycles. The predicted molar refractivity (Wildman–Crippen MR) is 97.3 cm³/mol. The molecular formula is C19H22N4O4. The van der Waals surface area contributed by atoms with Crippen molar-refractivity contribution < 1.29 is 18.7 Å². The van der Waals surface area contributed by atoms with Gasteiger partial charge in [0.2, 0.25) is 23.4 Å². The second-order valence-corrected chi connectivity index (χ2v) is 6.23. The summed E-state index contributed by atoms with van der Waals surface area (Å²) in [4.78, 5) is 17.4. The van der Waals surface area contributed by atoms with Gasteiger partial charge in [-0.25, -0.2) is 0 Å². The quantitative estimate of drug-likeness (QED) is 0.794. The number of piperidine rings is 1. The molecule has 1 aromatic heterocycles. The van der Waals surface area contributed by atoms with Crippen molar-refractivity contribution in [3.05, 3.63) is 35.9 Å². The summed E-state index contributed by atoms with van der Waals surface area (Å²) in [5.74, 6) is 1.76. The highest BCUT2D eigenvalue weighted by Crippen LogP contribution is 2.28. The number of primary amides is 1. The van der Waals surface area contributed by atoms with Crippen LogP contribution in [0.3, 0.4) is 0 Å². The fourth-order valence-electron chi connectivity index (χ4n) is 3.02. The highest BCUT2D eigenvalue weighted by Gasteiger charge is 2.27. The molecule has 0 saturated carbocycles. The Labute approximate surface area is 157 Å². The number of amides is 1. The minimum atomic E-state index is -0.280. The molecule has 0 radical (unpaired) electrons. The van der Waals surface area contributed by atoms with Gasteiger partial charge in [0.05, 0.1) is 6.61 Å². The summed E-state index contributed by atoms with van der Waals surface area (Å²) < 4.78 is 16.8. The fourth-order valence-corrected chi connectivity index (χ4v) is 3.02. The lowest BCUT2D eigenvalue weighted by Crippen LogP contribution is -2.38. The summed E-state index contributed by atoms with van der Waals surface area (Å²) in [7, 11) is 0. The van der Waals surface area contributed by atoms with Crippen molar-refractivity contribution >= 4 is 11.8 Å². The molecule has 2 N–H and O–H groups in total. The van der Waals surface area contributed by atoms with Crippen LogP contribution in [0.25, 0.3) is 0 Å². The Balaban J connectivity index is 1.62. The molecule has 1 fully saturated rings. The number of nitrogens with zero attached hydrogens (tertiary/aromatic N) is 3. The minimum absolute atomic E-state index is 0.112. The first-order valence-electron chi connectivity index (χ1n) is 8.90. The van der Waals surface area contributed by atoms with E-state index in [4.69, 9.17) is 19.6 Å². The van der Waals surface area contributed by atoms with Crippen LogP contribution in [0.4, 0.5) is 5.88 Å². The van der Waals surface area contributed by atoms with Gasteiger partial charge in [-0.05, 0) is 44.0 Å². The molecule has 2 heterocycles. The van der Waals surface area contributed by atoms with Gasteiger partial charge >= 0.3 is 0 Å². The van der Waals surface area contributed by atoms with Crippen molar-refractivity contribution in [2.24, 2.45) is 11.7 Å². The first-order valence-corrected chi connectivity index (χ1v) is 8.90. The van der Waals surface area contributed by atoms with Crippen LogP contribution in [-0.2, 0) is 11.4 Å². The third-order valence-corrected chi connectivity index (χ3v) is 4.44. The fraction of sp³-hybridized carbons (Fsp3) is 0.421. The zero-order valence-electron chi connectivity index (χ0n) is 15.2. The number of oxazole rings is 1. The van der Waals surface area contributed by atoms with E-state index in [0.29, 0.717) is 50.1 Å². The minimum Gasteiger partial charge on any atom is -0.494 e. The maximum atomic E-state index is 11.3. The number of ether oxygens (including phenoxy) is 2. The molecule has 1 aliphatic heterocycles. The Morgan fingerprint density at radius 3 is 2.48 bits per heavy atom. The van der Waals surface area contributed by atoms with E-state index in [1.807, 2.05) is 24.0 Å². The number of nitriles is 1. The Morgan fingerprint density at radius 1 is 1.30 bits per heavy atom. The highest BCUT2D eigenvalue weighted by molar-refractivity contribution is 5.77. The molecule has 8 heteroatoms. The van der Waals surface area contributed by atoms with Crippen LogP contribution in [0.1, 0.15) is 31.4 Å². The van der Waals surface area contributed by atoms with E-state index < -0.39 is 0 Å². The third kappa shape index (κ3) is 4.50. The predicted octanol–water partition coefficient (Wildman–Crippen LogP) is 2.23. The average molecular weight is 370 g/mol. The maximum Gasteiger partial charge on any atom is 0.236 e. The van der Waals surface area contributed by atoms with Crippen LogP contribution in [0.2, 0.25) is 0 Å². The lowest BCUT2D eigenvalue weighted by molar-refractivity contribution is -0.122. The Hall–Kier alpha value is -3.21. The SMILES string of the molecule is CCOc1ccc(OCc2nc(C#N)c(N3CCC(C(N)=O)CC3)o2)cc1. The molecule has 0 unspecified atom stereocenters. The summed E-state index contributed by atoms with van der Waals surface area (Å²) >= 11 is 0. The van der Waals surface area contributed by atoms with E-state index in [2.05, 4.69) is 11.1 Å². The molecule has 27 heavy (non-hydrogen) atoms. The van der Waals surface area contributed by atoms with Gasteiger partial charge in [0.25, 0.3) is 0 Å². The largest absolute Gasteiger partial charge is 0.494 e. The summed E-state index contributed by atoms with van der Waals surface area (Å²) in [5, 5.41) is 9.34. The van der Waals surface area contributed by atoms with Crippen LogP contribution >= 0.6 is 0 Å². The van der Waals surface area contributed by atoms with Crippen molar-refractivity contribution in [1.29, 1.82) is 5.26 Å². The number of benzene rings is 1. The first kappa shape index (κ1) is 18.6. The van der Waals surface area contributed by atoms with E-state index in [9.17, 15) is 10.1 Å². The van der Waals surface area contributed by atoms with E-state index in [0.717, 1.165) is 5.75 Å². The first-order chi connectivity index (χ1) is 13.1. The molecule has 0 atom stereocenters. The topological polar surface area (TPSA) is 115 Å². The summed E-state index contributed by atoms with van der Waals surface area (Å²) in [6.07, 6.45) is 1.28. The number of carbonyl (C=O) groups is 1. The molecule has 1 amide bonds. The highest BCUT2D eigenvalue weighted by atomic mass is 16.5. The number of anilines is 1. The van der Waals surface area contributed by atoms with Gasteiger partial charge in [0.1, 0.15) is 17.6 Å². The van der Waals surface area contributed by atoms with Gasteiger partial charge in [-0.2, -0.15) is 10.2 Å². The van der Waals surface area contributed by atoms with E-state index in [1.54, 1.807) is 12.1 Å². The Bertz CT molecular complexity index is 817. The number of hydrogen-bond acceptors (Lipinski definition) is 7. The van der Waals surface area contributed by atoms with Gasteiger partial charge in [0, 0.05) is 19.0 Å². The van der Waals surface area contributed by atoms with Crippen LogP contribution in [0.15, 0.2) is 28.7 Å². The van der Waals surface area contributed by atoms with E-state index >= 15 is 0 Å². The average Bonchev–Trinajstić information content (AvgIpc) is 3.11. The van der Waals surface area contributed by atoms with Crippen LogP contribution in [-0.4, -0.2) is 30.6 Å². The van der Waals surface area contributed by atoms with Crippen molar-refractivity contribution in [2.45, 2.75) is 26.4 Å². The second kappa shape index (κ2) is 8.45. The van der Waals surface area contributed by atoms with Crippen LogP contribution in [0.5, 0.6) is 11.5 Å². The van der Waals surface area contributed by atoms with Crippen LogP contribution < -0.4 is 20.1 Å². The zero-order chi connectivity index (χ0) is 19.2. The lowest BCUT2D eigenvalue weighted by Gasteiger charge is -2.30. The smallest absolute Gasteiger partial charge is 0.236 e. The van der Waals surface area contributed by atoms with E-state index in [1.165, 1.54) is 0 Å². The second-order valence-electron chi connectivity index (χ2n) is 6.23. The van der Waals surface area contributed by atoms with Gasteiger partial charge in [-0.15, -0.1) is 0 Å². The number of aromatic nitrogens is 1. The van der Waals surface area contributed by atoms with Gasteiger partial charge in [0.15, 0.2) is 6.61 Å². The zero-order valence-corrected chi connectivity index (χ0v) is 15.2. The summed E-state index contributed by atoms with van der Waals surface area (Å²) in [6.45, 7) is 3.83. The Morgan fingerprint density at radius 2 is 1.93 bits per heavy atom. The molecule has 1 aromatic carbocycles. The number of rotatable bonds is 7. The molecule has 2 aromatic rings. The van der Waals surface area contributed by atoms with Crippen molar-refractivity contribution in [2.75, 3.05) is 24.6 Å². The lowest BCUT2D eigenvalue weighted by atomic mass is 9.96. The van der Waals surface area contributed by atoms with Crippen molar-refractivity contribution in [3.63, 3.8) is 0 Å². The molecule has 3 rings (SSSR count). The molecule has 0 bridgehead atoms. The number of hydrogen-bond donors (Lipinski definition) is 1. The number of nitrogens with two attached hydrogens (primary N) is 1. The van der Waals surface area contributed by atoms with Crippen LogP contribution in [0, 0.1) is 17.2 Å². The van der Waals surface area contributed by atoms with Gasteiger partial charge in [-0.3, -0.25) is 4.79 Å².